The van der Waals surface area contributed by atoms with Gasteiger partial charge < -0.3 is 14.2 Å². The molecule has 4 aromatic carbocycles. The number of amides is 1. The lowest BCUT2D eigenvalue weighted by Gasteiger charge is -2.11. The highest BCUT2D eigenvalue weighted by Gasteiger charge is 2.14. The Hall–Kier alpha value is -4.65. The molecule has 0 bridgehead atoms. The molecule has 34 heavy (non-hydrogen) atoms. The van der Waals surface area contributed by atoms with Crippen LogP contribution in [0.2, 0.25) is 0 Å². The van der Waals surface area contributed by atoms with Gasteiger partial charge in [0.05, 0.1) is 18.9 Å². The second-order valence-corrected chi connectivity index (χ2v) is 7.21. The number of methoxy groups -OCH3 is 1. The van der Waals surface area contributed by atoms with Crippen LogP contribution in [0.15, 0.2) is 96.1 Å². The summed E-state index contributed by atoms with van der Waals surface area (Å²) in [6.07, 6.45) is 1.46. The Bertz CT molecular complexity index is 1320. The number of hydrogen-bond acceptors (Lipinski definition) is 6. The third kappa shape index (κ3) is 5.58. The summed E-state index contributed by atoms with van der Waals surface area (Å²) < 4.78 is 16.2. The number of ether oxygens (including phenoxy) is 3. The SMILES string of the molecule is COc1ccc(C(=O)Oc2ccc3ccccc3c2C=NNC(=O)COc2ccccc2)cc1. The Morgan fingerprint density at radius 3 is 2.35 bits per heavy atom. The molecule has 0 spiro atoms. The minimum Gasteiger partial charge on any atom is -0.497 e. The smallest absolute Gasteiger partial charge is 0.343 e. The van der Waals surface area contributed by atoms with Crippen molar-refractivity contribution in [3.63, 3.8) is 0 Å². The lowest BCUT2D eigenvalue weighted by Crippen LogP contribution is -2.24. The van der Waals surface area contributed by atoms with Gasteiger partial charge in [0, 0.05) is 5.56 Å². The average Bonchev–Trinajstić information content (AvgIpc) is 2.89. The zero-order valence-corrected chi connectivity index (χ0v) is 18.4. The number of para-hydroxylation sites is 1. The molecule has 1 amide bonds. The van der Waals surface area contributed by atoms with E-state index in [1.54, 1.807) is 49.6 Å². The first-order valence-corrected chi connectivity index (χ1v) is 10.5. The molecule has 1 N–H and O–H groups in total. The molecule has 7 heteroatoms. The fraction of sp³-hybridized carbons (Fsp3) is 0.0741. The summed E-state index contributed by atoms with van der Waals surface area (Å²) in [6.45, 7) is -0.184. The molecule has 0 fully saturated rings. The van der Waals surface area contributed by atoms with E-state index in [9.17, 15) is 9.59 Å². The first kappa shape index (κ1) is 22.5. The quantitative estimate of drug-likeness (QED) is 0.182. The largest absolute Gasteiger partial charge is 0.497 e. The van der Waals surface area contributed by atoms with Crippen molar-refractivity contribution < 1.29 is 23.8 Å². The standard InChI is InChI=1S/C27H22N2O5/c1-32-21-14-11-20(12-15-21)27(31)34-25-16-13-19-7-5-6-10-23(19)24(25)17-28-29-26(30)18-33-22-8-3-2-4-9-22/h2-17H,18H2,1H3,(H,29,30). The van der Waals surface area contributed by atoms with Crippen LogP contribution < -0.4 is 19.6 Å². The molecule has 0 unspecified atom stereocenters. The third-order valence-electron chi connectivity index (χ3n) is 4.96. The van der Waals surface area contributed by atoms with Gasteiger partial charge in [-0.1, -0.05) is 48.5 Å². The van der Waals surface area contributed by atoms with E-state index in [4.69, 9.17) is 14.2 Å². The van der Waals surface area contributed by atoms with Gasteiger partial charge in [-0.15, -0.1) is 0 Å². The van der Waals surface area contributed by atoms with Gasteiger partial charge in [0.2, 0.25) is 0 Å². The van der Waals surface area contributed by atoms with Gasteiger partial charge in [-0.2, -0.15) is 5.10 Å². The van der Waals surface area contributed by atoms with Crippen molar-refractivity contribution in [3.8, 4) is 17.2 Å². The molecular weight excluding hydrogens is 432 g/mol. The Morgan fingerprint density at radius 2 is 1.59 bits per heavy atom. The highest BCUT2D eigenvalue weighted by Crippen LogP contribution is 2.27. The first-order valence-electron chi connectivity index (χ1n) is 10.5. The Kier molecular flexibility index (Phi) is 7.15. The van der Waals surface area contributed by atoms with Crippen LogP contribution in [0.3, 0.4) is 0 Å². The predicted octanol–water partition coefficient (Wildman–Crippen LogP) is 4.60. The molecule has 4 rings (SSSR count). The molecule has 0 heterocycles. The minimum atomic E-state index is -0.520. The van der Waals surface area contributed by atoms with Crippen molar-refractivity contribution in [3.05, 3.63) is 102 Å². The Labute approximate surface area is 196 Å². The van der Waals surface area contributed by atoms with E-state index in [-0.39, 0.29) is 6.61 Å². The van der Waals surface area contributed by atoms with Gasteiger partial charge in [0.1, 0.15) is 17.2 Å². The van der Waals surface area contributed by atoms with Crippen LogP contribution in [0.5, 0.6) is 17.2 Å². The number of hydrogen-bond donors (Lipinski definition) is 1. The van der Waals surface area contributed by atoms with Gasteiger partial charge in [-0.25, -0.2) is 10.2 Å². The van der Waals surface area contributed by atoms with Crippen molar-refractivity contribution >= 4 is 28.9 Å². The fourth-order valence-corrected chi connectivity index (χ4v) is 3.25. The highest BCUT2D eigenvalue weighted by atomic mass is 16.5. The molecule has 0 aromatic heterocycles. The highest BCUT2D eigenvalue weighted by molar-refractivity contribution is 6.04. The number of carbonyl (C=O) groups is 2. The van der Waals surface area contributed by atoms with E-state index < -0.39 is 11.9 Å². The summed E-state index contributed by atoms with van der Waals surface area (Å²) in [7, 11) is 1.56. The maximum atomic E-state index is 12.7. The van der Waals surface area contributed by atoms with E-state index in [0.717, 1.165) is 10.8 Å². The van der Waals surface area contributed by atoms with E-state index in [0.29, 0.717) is 28.4 Å². The van der Waals surface area contributed by atoms with Gasteiger partial charge in [0.25, 0.3) is 5.91 Å². The first-order chi connectivity index (χ1) is 16.6. The van der Waals surface area contributed by atoms with Gasteiger partial charge in [-0.3, -0.25) is 4.79 Å². The molecule has 0 aliphatic rings. The van der Waals surface area contributed by atoms with Gasteiger partial charge in [0.15, 0.2) is 6.61 Å². The van der Waals surface area contributed by atoms with Crippen LogP contribution in [0.25, 0.3) is 10.8 Å². The van der Waals surface area contributed by atoms with Crippen LogP contribution in [0.4, 0.5) is 0 Å². The second kappa shape index (κ2) is 10.8. The van der Waals surface area contributed by atoms with Crippen molar-refractivity contribution in [1.29, 1.82) is 0 Å². The molecule has 170 valence electrons. The summed E-state index contributed by atoms with van der Waals surface area (Å²) in [4.78, 5) is 24.8. The van der Waals surface area contributed by atoms with E-state index in [2.05, 4.69) is 10.5 Å². The summed E-state index contributed by atoms with van der Waals surface area (Å²) in [5.74, 6) is 0.605. The van der Waals surface area contributed by atoms with Gasteiger partial charge >= 0.3 is 5.97 Å². The molecule has 0 atom stereocenters. The van der Waals surface area contributed by atoms with Crippen molar-refractivity contribution in [1.82, 2.24) is 5.43 Å². The summed E-state index contributed by atoms with van der Waals surface area (Å²) in [5.41, 5.74) is 3.38. The summed E-state index contributed by atoms with van der Waals surface area (Å²) in [5, 5.41) is 5.81. The summed E-state index contributed by atoms with van der Waals surface area (Å²) in [6, 6.07) is 26.8. The number of esters is 1. The Balaban J connectivity index is 1.51. The van der Waals surface area contributed by atoms with E-state index in [1.807, 2.05) is 48.5 Å². The van der Waals surface area contributed by atoms with Crippen LogP contribution in [0, 0.1) is 0 Å². The number of rotatable bonds is 8. The Morgan fingerprint density at radius 1 is 0.853 bits per heavy atom. The number of nitrogens with one attached hydrogen (secondary N) is 1. The van der Waals surface area contributed by atoms with Crippen LogP contribution in [-0.2, 0) is 4.79 Å². The van der Waals surface area contributed by atoms with Crippen LogP contribution in [-0.4, -0.2) is 31.8 Å². The van der Waals surface area contributed by atoms with E-state index in [1.165, 1.54) is 6.21 Å². The average molecular weight is 454 g/mol. The number of nitrogens with zero attached hydrogens (tertiary/aromatic N) is 1. The predicted molar refractivity (Wildman–Crippen MR) is 130 cm³/mol. The van der Waals surface area contributed by atoms with E-state index >= 15 is 0 Å². The maximum Gasteiger partial charge on any atom is 0.343 e. The minimum absolute atomic E-state index is 0.184. The molecule has 0 saturated heterocycles. The molecule has 0 aliphatic carbocycles. The number of fused-ring (bicyclic) bond motifs is 1. The second-order valence-electron chi connectivity index (χ2n) is 7.21. The molecular formula is C27H22N2O5. The van der Waals surface area contributed by atoms with Crippen LogP contribution >= 0.6 is 0 Å². The lowest BCUT2D eigenvalue weighted by molar-refractivity contribution is -0.123. The topological polar surface area (TPSA) is 86.2 Å². The van der Waals surface area contributed by atoms with Crippen molar-refractivity contribution in [2.45, 2.75) is 0 Å². The summed E-state index contributed by atoms with van der Waals surface area (Å²) >= 11 is 0. The zero-order valence-electron chi connectivity index (χ0n) is 18.4. The number of carbonyl (C=O) groups excluding carboxylic acids is 2. The van der Waals surface area contributed by atoms with Crippen LogP contribution in [0.1, 0.15) is 15.9 Å². The van der Waals surface area contributed by atoms with Crippen molar-refractivity contribution in [2.24, 2.45) is 5.10 Å². The van der Waals surface area contributed by atoms with Crippen molar-refractivity contribution in [2.75, 3.05) is 13.7 Å². The molecule has 0 saturated carbocycles. The zero-order chi connectivity index (χ0) is 23.8. The molecule has 0 radical (unpaired) electrons. The monoisotopic (exact) mass is 454 g/mol. The van der Waals surface area contributed by atoms with Gasteiger partial charge in [-0.05, 0) is 53.2 Å². The number of benzene rings is 4. The fourth-order valence-electron chi connectivity index (χ4n) is 3.25. The third-order valence-corrected chi connectivity index (χ3v) is 4.96. The normalized spacial score (nSPS) is 10.7. The lowest BCUT2D eigenvalue weighted by atomic mass is 10.0. The molecule has 4 aromatic rings. The molecule has 7 nitrogen and oxygen atoms in total. The number of hydrazone groups is 1. The maximum absolute atomic E-state index is 12.7. The molecule has 0 aliphatic heterocycles.